The second kappa shape index (κ2) is 9.24. The lowest BCUT2D eigenvalue weighted by Gasteiger charge is -2.46. The molecule has 0 aliphatic carbocycles. The highest BCUT2D eigenvalue weighted by Gasteiger charge is 2.50. The molecule has 2 aliphatic heterocycles. The highest BCUT2D eigenvalue weighted by molar-refractivity contribution is 7.99. The van der Waals surface area contributed by atoms with E-state index < -0.39 is 73.8 Å². The van der Waals surface area contributed by atoms with Gasteiger partial charge in [-0.15, -0.1) is 11.8 Å². The average Bonchev–Trinajstić information content (AvgIpc) is 2.61. The van der Waals surface area contributed by atoms with E-state index in [0.717, 1.165) is 0 Å². The molecule has 2 fully saturated rings. The molecule has 0 spiro atoms. The van der Waals surface area contributed by atoms with Crippen LogP contribution in [0.4, 0.5) is 0 Å². The predicted molar refractivity (Wildman–Crippen MR) is 84.5 cm³/mol. The summed E-state index contributed by atoms with van der Waals surface area (Å²) in [6, 6.07) is 0. The molecule has 0 amide bonds. The Bertz CT molecular complexity index is 411. The highest BCUT2D eigenvalue weighted by Crippen LogP contribution is 2.32. The molecular formula is C14H26O10S. The summed E-state index contributed by atoms with van der Waals surface area (Å²) < 4.78 is 16.2. The summed E-state index contributed by atoms with van der Waals surface area (Å²) in [6.45, 7) is 0.695. The molecule has 148 valence electrons. The second-order valence-electron chi connectivity index (χ2n) is 5.96. The minimum Gasteiger partial charge on any atom is -0.394 e. The van der Waals surface area contributed by atoms with Crippen molar-refractivity contribution in [3.8, 4) is 0 Å². The van der Waals surface area contributed by atoms with E-state index in [1.165, 1.54) is 11.8 Å². The quantitative estimate of drug-likeness (QED) is 0.240. The van der Waals surface area contributed by atoms with Gasteiger partial charge in [-0.1, -0.05) is 6.92 Å². The molecule has 0 aromatic heterocycles. The Morgan fingerprint density at radius 2 is 1.44 bits per heavy atom. The van der Waals surface area contributed by atoms with Crippen molar-refractivity contribution in [2.24, 2.45) is 0 Å². The maximum atomic E-state index is 10.3. The Hall–Kier alpha value is -0.0500. The summed E-state index contributed by atoms with van der Waals surface area (Å²) in [5.74, 6) is 0.616. The molecule has 10 atom stereocenters. The molecule has 2 heterocycles. The monoisotopic (exact) mass is 386 g/mol. The minimum atomic E-state index is -1.66. The molecule has 0 bridgehead atoms. The lowest BCUT2D eigenvalue weighted by atomic mass is 9.97. The van der Waals surface area contributed by atoms with Gasteiger partial charge in [0, 0.05) is 0 Å². The van der Waals surface area contributed by atoms with Crippen molar-refractivity contribution in [3.05, 3.63) is 0 Å². The van der Waals surface area contributed by atoms with E-state index in [1.807, 2.05) is 6.92 Å². The van der Waals surface area contributed by atoms with E-state index in [-0.39, 0.29) is 0 Å². The maximum Gasteiger partial charge on any atom is 0.187 e. The first kappa shape index (κ1) is 21.3. The molecule has 25 heavy (non-hydrogen) atoms. The molecule has 2 aliphatic rings. The van der Waals surface area contributed by atoms with Crippen LogP contribution in [0.5, 0.6) is 0 Å². The van der Waals surface area contributed by atoms with Crippen LogP contribution < -0.4 is 0 Å². The second-order valence-corrected chi connectivity index (χ2v) is 7.34. The zero-order valence-electron chi connectivity index (χ0n) is 13.7. The van der Waals surface area contributed by atoms with E-state index in [2.05, 4.69) is 0 Å². The topological polar surface area (TPSA) is 169 Å². The Morgan fingerprint density at radius 1 is 0.800 bits per heavy atom. The molecule has 0 saturated carbocycles. The number of rotatable bonds is 6. The minimum absolute atomic E-state index is 0.521. The van der Waals surface area contributed by atoms with Crippen molar-refractivity contribution in [2.45, 2.75) is 67.5 Å². The lowest BCUT2D eigenvalue weighted by Crippen LogP contribution is -2.64. The molecule has 4 unspecified atom stereocenters. The average molecular weight is 386 g/mol. The van der Waals surface area contributed by atoms with Gasteiger partial charge in [-0.25, -0.2) is 0 Å². The van der Waals surface area contributed by atoms with Gasteiger partial charge in [0.1, 0.15) is 54.3 Å². The third kappa shape index (κ3) is 4.45. The van der Waals surface area contributed by atoms with Gasteiger partial charge in [-0.05, 0) is 5.75 Å². The van der Waals surface area contributed by atoms with Gasteiger partial charge in [-0.3, -0.25) is 0 Å². The van der Waals surface area contributed by atoms with Gasteiger partial charge in [0.25, 0.3) is 0 Å². The van der Waals surface area contributed by atoms with Crippen molar-refractivity contribution in [2.75, 3.05) is 19.0 Å². The molecule has 10 nitrogen and oxygen atoms in total. The number of thioether (sulfide) groups is 1. The summed E-state index contributed by atoms with van der Waals surface area (Å²) in [5.41, 5.74) is -0.758. The number of hydrogen-bond donors (Lipinski definition) is 7. The summed E-state index contributed by atoms with van der Waals surface area (Å²) in [7, 11) is 0. The van der Waals surface area contributed by atoms with Gasteiger partial charge in [-0.2, -0.15) is 0 Å². The standard InChI is InChI=1S/C14H26O10S/c1-2-25-14-11(21)9(19)12(6(4-16)23-14)24-13-10(20)8(18)7(17)5(3-15)22-13/h5-21H,2-4H2,1H3/t5?,6?,7-,8+,9-,10?,11?,12-,13-,14+/m1/s1. The molecule has 11 heteroatoms. The Labute approximate surface area is 148 Å². The van der Waals surface area contributed by atoms with Crippen molar-refractivity contribution >= 4 is 11.8 Å². The largest absolute Gasteiger partial charge is 0.394 e. The Kier molecular flexibility index (Phi) is 7.85. The third-order valence-electron chi connectivity index (χ3n) is 4.29. The van der Waals surface area contributed by atoms with Crippen LogP contribution in [0.3, 0.4) is 0 Å². The van der Waals surface area contributed by atoms with Gasteiger partial charge < -0.3 is 50.0 Å². The normalized spacial score (nSPS) is 48.5. The summed E-state index contributed by atoms with van der Waals surface area (Å²) in [6.07, 6.45) is -12.5. The van der Waals surface area contributed by atoms with Crippen LogP contribution in [0.1, 0.15) is 6.92 Å². The number of hydrogen-bond acceptors (Lipinski definition) is 11. The van der Waals surface area contributed by atoms with E-state index in [0.29, 0.717) is 5.75 Å². The van der Waals surface area contributed by atoms with Crippen molar-refractivity contribution in [1.82, 2.24) is 0 Å². The SMILES string of the molecule is CCS[C@@H]1OC(CO)[C@@H](O[C@H]2OC(CO)[C@@H](O)[C@H](O)C2O)[C@H](O)C1O. The van der Waals surface area contributed by atoms with Crippen LogP contribution in [0.2, 0.25) is 0 Å². The highest BCUT2D eigenvalue weighted by atomic mass is 32.2. The van der Waals surface area contributed by atoms with Crippen molar-refractivity contribution in [3.63, 3.8) is 0 Å². The van der Waals surface area contributed by atoms with E-state index in [4.69, 9.17) is 14.2 Å². The van der Waals surface area contributed by atoms with Crippen LogP contribution in [-0.2, 0) is 14.2 Å². The van der Waals surface area contributed by atoms with Crippen LogP contribution in [0, 0.1) is 0 Å². The smallest absolute Gasteiger partial charge is 0.187 e. The van der Waals surface area contributed by atoms with Crippen LogP contribution in [-0.4, -0.2) is 115 Å². The first-order valence-corrected chi connectivity index (χ1v) is 9.10. The molecule has 2 saturated heterocycles. The first-order valence-electron chi connectivity index (χ1n) is 8.05. The van der Waals surface area contributed by atoms with Crippen molar-refractivity contribution in [1.29, 1.82) is 0 Å². The van der Waals surface area contributed by atoms with E-state index in [1.54, 1.807) is 0 Å². The summed E-state index contributed by atoms with van der Waals surface area (Å²) >= 11 is 1.25. The molecule has 7 N–H and O–H groups in total. The third-order valence-corrected chi connectivity index (χ3v) is 5.34. The maximum absolute atomic E-state index is 10.3. The molecule has 0 aromatic carbocycles. The Morgan fingerprint density at radius 3 is 2.00 bits per heavy atom. The first-order chi connectivity index (χ1) is 11.8. The van der Waals surface area contributed by atoms with Crippen LogP contribution >= 0.6 is 11.8 Å². The van der Waals surface area contributed by atoms with E-state index in [9.17, 15) is 35.7 Å². The number of aliphatic hydroxyl groups excluding tert-OH is 7. The van der Waals surface area contributed by atoms with Gasteiger partial charge in [0.05, 0.1) is 13.2 Å². The van der Waals surface area contributed by atoms with Crippen molar-refractivity contribution < 1.29 is 50.0 Å². The van der Waals surface area contributed by atoms with Gasteiger partial charge in [0.15, 0.2) is 6.29 Å². The summed E-state index contributed by atoms with van der Waals surface area (Å²) in [5, 5.41) is 68.7. The van der Waals surface area contributed by atoms with Gasteiger partial charge >= 0.3 is 0 Å². The zero-order valence-corrected chi connectivity index (χ0v) is 14.5. The fourth-order valence-electron chi connectivity index (χ4n) is 2.86. The molecule has 0 radical (unpaired) electrons. The number of ether oxygens (including phenoxy) is 3. The molecule has 0 aromatic rings. The van der Waals surface area contributed by atoms with Gasteiger partial charge in [0.2, 0.25) is 0 Å². The Balaban J connectivity index is 2.11. The summed E-state index contributed by atoms with van der Waals surface area (Å²) in [4.78, 5) is 0. The van der Waals surface area contributed by atoms with E-state index >= 15 is 0 Å². The fourth-order valence-corrected chi connectivity index (χ4v) is 3.77. The predicted octanol–water partition coefficient (Wildman–Crippen LogP) is -3.64. The lowest BCUT2D eigenvalue weighted by molar-refractivity contribution is -0.338. The molecule has 2 rings (SSSR count). The fraction of sp³-hybridized carbons (Fsp3) is 1.00. The zero-order chi connectivity index (χ0) is 18.7. The molecular weight excluding hydrogens is 360 g/mol. The van der Waals surface area contributed by atoms with Crippen LogP contribution in [0.25, 0.3) is 0 Å². The number of aliphatic hydroxyl groups is 7. The van der Waals surface area contributed by atoms with Crippen LogP contribution in [0.15, 0.2) is 0 Å².